The number of hydrogen-bond donors (Lipinski definition) is 1. The van der Waals surface area contributed by atoms with Crippen molar-refractivity contribution in [1.82, 2.24) is 15.2 Å². The smallest absolute Gasteiger partial charge is 0.254 e. The van der Waals surface area contributed by atoms with Gasteiger partial charge in [0.05, 0.1) is 22.8 Å². The van der Waals surface area contributed by atoms with E-state index in [1.165, 1.54) is 19.3 Å². The van der Waals surface area contributed by atoms with Crippen LogP contribution in [0.25, 0.3) is 10.9 Å². The summed E-state index contributed by atoms with van der Waals surface area (Å²) in [5.74, 6) is 0.486. The number of carbonyl (C=O) groups excluding carboxylic acids is 2. The molecule has 6 heteroatoms. The first-order valence-electron chi connectivity index (χ1n) is 13.1. The Kier molecular flexibility index (Phi) is 6.61. The number of piperidine rings is 1. The van der Waals surface area contributed by atoms with Crippen molar-refractivity contribution in [3.05, 3.63) is 41.1 Å². The fraction of sp³-hybridized carbons (Fsp3) is 0.607. The van der Waals surface area contributed by atoms with E-state index in [1.54, 1.807) is 0 Å². The molecule has 0 unspecified atom stereocenters. The Morgan fingerprint density at radius 3 is 2.59 bits per heavy atom. The zero-order valence-corrected chi connectivity index (χ0v) is 20.6. The number of amides is 2. The van der Waals surface area contributed by atoms with Crippen LogP contribution >= 0.6 is 0 Å². The fourth-order valence-electron chi connectivity index (χ4n) is 6.07. The highest BCUT2D eigenvalue weighted by atomic mass is 16.5. The number of likely N-dealkylation sites (tertiary alicyclic amines) is 1. The molecule has 5 rings (SSSR count). The number of benzene rings is 1. The van der Waals surface area contributed by atoms with Crippen molar-refractivity contribution in [1.29, 1.82) is 0 Å². The van der Waals surface area contributed by atoms with E-state index in [2.05, 4.69) is 16.4 Å². The Labute approximate surface area is 202 Å². The molecule has 3 aliphatic rings. The second-order valence-electron chi connectivity index (χ2n) is 10.7. The van der Waals surface area contributed by atoms with Gasteiger partial charge in [0.25, 0.3) is 5.91 Å². The molecule has 1 saturated carbocycles. The molecule has 6 nitrogen and oxygen atoms in total. The topological polar surface area (TPSA) is 71.5 Å². The van der Waals surface area contributed by atoms with Gasteiger partial charge in [0.15, 0.2) is 0 Å². The predicted molar refractivity (Wildman–Crippen MR) is 133 cm³/mol. The molecule has 1 aliphatic carbocycles. The van der Waals surface area contributed by atoms with E-state index in [-0.39, 0.29) is 29.4 Å². The standard InChI is InChI=1S/C28H37N3O3/c1-19-8-9-25-23(16-19)24(17-20(2)30-25)27(33)31-14-12-28(13-15-31)11-10-22(34-28)18-29-26(32)21-6-4-3-5-7-21/h8-9,16-17,21-22H,3-7,10-15,18H2,1-2H3,(H,29,32)/t22-/m0/s1. The number of aryl methyl sites for hydroxylation is 2. The number of pyridine rings is 1. The predicted octanol–water partition coefficient (Wildman–Crippen LogP) is 4.70. The van der Waals surface area contributed by atoms with E-state index in [1.807, 2.05) is 36.9 Å². The number of fused-ring (bicyclic) bond motifs is 1. The molecule has 34 heavy (non-hydrogen) atoms. The van der Waals surface area contributed by atoms with Gasteiger partial charge in [-0.3, -0.25) is 14.6 Å². The van der Waals surface area contributed by atoms with E-state index < -0.39 is 0 Å². The van der Waals surface area contributed by atoms with Crippen LogP contribution in [0.3, 0.4) is 0 Å². The van der Waals surface area contributed by atoms with E-state index in [9.17, 15) is 9.59 Å². The van der Waals surface area contributed by atoms with Crippen LogP contribution in [-0.4, -0.2) is 53.0 Å². The molecule has 2 amide bonds. The summed E-state index contributed by atoms with van der Waals surface area (Å²) in [6.07, 6.45) is 9.43. The van der Waals surface area contributed by atoms with Crippen LogP contribution < -0.4 is 5.32 Å². The third kappa shape index (κ3) is 4.83. The van der Waals surface area contributed by atoms with Gasteiger partial charge < -0.3 is 15.0 Å². The first kappa shape index (κ1) is 23.3. The quantitative estimate of drug-likeness (QED) is 0.713. The van der Waals surface area contributed by atoms with Gasteiger partial charge in [0.2, 0.25) is 5.91 Å². The highest BCUT2D eigenvalue weighted by Gasteiger charge is 2.43. The molecule has 1 aromatic heterocycles. The van der Waals surface area contributed by atoms with Crippen molar-refractivity contribution >= 4 is 22.7 Å². The molecule has 0 radical (unpaired) electrons. The van der Waals surface area contributed by atoms with E-state index in [0.29, 0.717) is 19.6 Å². The van der Waals surface area contributed by atoms with Gasteiger partial charge in [-0.15, -0.1) is 0 Å². The van der Waals surface area contributed by atoms with Crippen LogP contribution in [0, 0.1) is 19.8 Å². The summed E-state index contributed by atoms with van der Waals surface area (Å²) in [7, 11) is 0. The Balaban J connectivity index is 1.17. The summed E-state index contributed by atoms with van der Waals surface area (Å²) in [4.78, 5) is 32.6. The second-order valence-corrected chi connectivity index (χ2v) is 10.7. The van der Waals surface area contributed by atoms with Gasteiger partial charge in [-0.1, -0.05) is 30.9 Å². The number of nitrogens with zero attached hydrogens (tertiary/aromatic N) is 2. The van der Waals surface area contributed by atoms with Crippen LogP contribution in [0.4, 0.5) is 0 Å². The molecule has 2 aromatic rings. The highest BCUT2D eigenvalue weighted by Crippen LogP contribution is 2.39. The Morgan fingerprint density at radius 2 is 1.82 bits per heavy atom. The highest BCUT2D eigenvalue weighted by molar-refractivity contribution is 6.06. The molecule has 2 aliphatic heterocycles. The lowest BCUT2D eigenvalue weighted by Crippen LogP contribution is -2.47. The third-order valence-corrected chi connectivity index (χ3v) is 8.10. The lowest BCUT2D eigenvalue weighted by Gasteiger charge is -2.39. The van der Waals surface area contributed by atoms with Crippen molar-refractivity contribution in [2.24, 2.45) is 5.92 Å². The second kappa shape index (κ2) is 9.65. The zero-order chi connectivity index (χ0) is 23.7. The first-order valence-corrected chi connectivity index (χ1v) is 13.1. The van der Waals surface area contributed by atoms with Crippen LogP contribution in [0.2, 0.25) is 0 Å². The van der Waals surface area contributed by atoms with Gasteiger partial charge in [0.1, 0.15) is 0 Å². The summed E-state index contributed by atoms with van der Waals surface area (Å²) in [6.45, 7) is 6.01. The number of nitrogens with one attached hydrogen (secondary N) is 1. The molecule has 1 aromatic carbocycles. The van der Waals surface area contributed by atoms with Gasteiger partial charge in [-0.2, -0.15) is 0 Å². The number of carbonyl (C=O) groups is 2. The van der Waals surface area contributed by atoms with E-state index >= 15 is 0 Å². The number of rotatable bonds is 4. The molecule has 182 valence electrons. The summed E-state index contributed by atoms with van der Waals surface area (Å²) in [6, 6.07) is 8.02. The maximum atomic E-state index is 13.5. The van der Waals surface area contributed by atoms with Crippen LogP contribution in [-0.2, 0) is 9.53 Å². The SMILES string of the molecule is Cc1ccc2nc(C)cc(C(=O)N3CCC4(CC[C@@H](CNC(=O)C5CCCCC5)O4)CC3)c2c1. The Morgan fingerprint density at radius 1 is 1.06 bits per heavy atom. The average Bonchev–Trinajstić information content (AvgIpc) is 3.25. The fourth-order valence-corrected chi connectivity index (χ4v) is 6.07. The lowest BCUT2D eigenvalue weighted by molar-refractivity contribution is -0.127. The zero-order valence-electron chi connectivity index (χ0n) is 20.6. The Bertz CT molecular complexity index is 1070. The van der Waals surface area contributed by atoms with Crippen LogP contribution in [0.15, 0.2) is 24.3 Å². The lowest BCUT2D eigenvalue weighted by atomic mass is 9.88. The van der Waals surface area contributed by atoms with Crippen molar-refractivity contribution in [3.8, 4) is 0 Å². The minimum absolute atomic E-state index is 0.0876. The molecule has 1 spiro atoms. The summed E-state index contributed by atoms with van der Waals surface area (Å²) >= 11 is 0. The third-order valence-electron chi connectivity index (χ3n) is 8.10. The van der Waals surface area contributed by atoms with Crippen LogP contribution in [0.5, 0.6) is 0 Å². The average molecular weight is 464 g/mol. The molecule has 1 N–H and O–H groups in total. The maximum Gasteiger partial charge on any atom is 0.254 e. The normalized spacial score (nSPS) is 22.9. The Hall–Kier alpha value is -2.47. The summed E-state index contributed by atoms with van der Waals surface area (Å²) < 4.78 is 6.50. The first-order chi connectivity index (χ1) is 16.4. The molecule has 2 saturated heterocycles. The molecule has 1 atom stereocenters. The van der Waals surface area contributed by atoms with Crippen molar-refractivity contribution in [3.63, 3.8) is 0 Å². The minimum atomic E-state index is -0.149. The van der Waals surface area contributed by atoms with Crippen molar-refractivity contribution < 1.29 is 14.3 Å². The molecule has 3 fully saturated rings. The molecule has 3 heterocycles. The van der Waals surface area contributed by atoms with Gasteiger partial charge in [-0.05, 0) is 70.6 Å². The van der Waals surface area contributed by atoms with E-state index in [4.69, 9.17) is 4.74 Å². The minimum Gasteiger partial charge on any atom is -0.370 e. The van der Waals surface area contributed by atoms with Crippen molar-refractivity contribution in [2.45, 2.75) is 83.3 Å². The summed E-state index contributed by atoms with van der Waals surface area (Å²) in [5.41, 5.74) is 3.47. The van der Waals surface area contributed by atoms with Crippen LogP contribution in [0.1, 0.15) is 79.4 Å². The monoisotopic (exact) mass is 463 g/mol. The summed E-state index contributed by atoms with van der Waals surface area (Å²) in [5, 5.41) is 4.09. The largest absolute Gasteiger partial charge is 0.370 e. The molecular formula is C28H37N3O3. The molecular weight excluding hydrogens is 426 g/mol. The molecule has 0 bridgehead atoms. The van der Waals surface area contributed by atoms with Gasteiger partial charge >= 0.3 is 0 Å². The number of aromatic nitrogens is 1. The van der Waals surface area contributed by atoms with E-state index in [0.717, 1.165) is 66.2 Å². The van der Waals surface area contributed by atoms with Crippen molar-refractivity contribution in [2.75, 3.05) is 19.6 Å². The van der Waals surface area contributed by atoms with Gasteiger partial charge in [0, 0.05) is 36.6 Å². The maximum absolute atomic E-state index is 13.5. The number of hydrogen-bond acceptors (Lipinski definition) is 4. The van der Waals surface area contributed by atoms with Gasteiger partial charge in [-0.25, -0.2) is 0 Å². The number of ether oxygens (including phenoxy) is 1.